The molecule has 1 aromatic carbocycles. The molecule has 0 fully saturated rings. The predicted molar refractivity (Wildman–Crippen MR) is 96.0 cm³/mol. The van der Waals surface area contributed by atoms with Gasteiger partial charge in [0.25, 0.3) is 5.91 Å². The second-order valence-electron chi connectivity index (χ2n) is 4.69. The molecule has 1 N–H and O–H groups in total. The van der Waals surface area contributed by atoms with Crippen LogP contribution in [0.3, 0.4) is 0 Å². The molecule has 0 aliphatic heterocycles. The summed E-state index contributed by atoms with van der Waals surface area (Å²) in [7, 11) is 0. The third-order valence-electron chi connectivity index (χ3n) is 2.92. The molecule has 0 atom stereocenters. The Morgan fingerprint density at radius 1 is 1.24 bits per heavy atom. The van der Waals surface area contributed by atoms with E-state index in [9.17, 15) is 9.18 Å². The first-order valence-electron chi connectivity index (χ1n) is 7.16. The van der Waals surface area contributed by atoms with Crippen LogP contribution in [0.5, 0.6) is 0 Å². The number of hydrogen-bond donors (Lipinski definition) is 1. The summed E-state index contributed by atoms with van der Waals surface area (Å²) in [4.78, 5) is 16.0. The Balaban J connectivity index is 1.50. The number of hydrazone groups is 1. The summed E-state index contributed by atoms with van der Waals surface area (Å²) in [6, 6.07) is 11.7. The van der Waals surface area contributed by atoms with Crippen LogP contribution in [0, 0.1) is 5.82 Å². The number of nitrogens with one attached hydrogen (secondary N) is 1. The van der Waals surface area contributed by atoms with Crippen molar-refractivity contribution < 1.29 is 9.18 Å². The highest BCUT2D eigenvalue weighted by molar-refractivity contribution is 8.01. The van der Waals surface area contributed by atoms with E-state index in [1.807, 2.05) is 18.2 Å². The van der Waals surface area contributed by atoms with Crippen molar-refractivity contribution in [2.75, 3.05) is 5.75 Å². The molecule has 6 nitrogen and oxygen atoms in total. The Bertz CT molecular complexity index is 885. The van der Waals surface area contributed by atoms with Crippen molar-refractivity contribution in [3.8, 4) is 10.7 Å². The highest BCUT2D eigenvalue weighted by Gasteiger charge is 2.09. The Kier molecular flexibility index (Phi) is 5.81. The van der Waals surface area contributed by atoms with Gasteiger partial charge in [0.2, 0.25) is 0 Å². The fourth-order valence-corrected chi connectivity index (χ4v) is 3.40. The highest BCUT2D eigenvalue weighted by Crippen LogP contribution is 2.27. The first-order chi connectivity index (χ1) is 12.2. The molecule has 0 aliphatic rings. The molecule has 0 spiro atoms. The fourth-order valence-electron chi connectivity index (χ4n) is 1.77. The summed E-state index contributed by atoms with van der Waals surface area (Å²) < 4.78 is 14.1. The number of amides is 1. The lowest BCUT2D eigenvalue weighted by Gasteiger charge is -1.98. The monoisotopic (exact) mass is 373 g/mol. The number of pyridine rings is 1. The van der Waals surface area contributed by atoms with Crippen LogP contribution in [0.15, 0.2) is 58.1 Å². The fraction of sp³-hybridized carbons (Fsp3) is 0.0625. The van der Waals surface area contributed by atoms with Crippen LogP contribution in [0.2, 0.25) is 0 Å². The van der Waals surface area contributed by atoms with E-state index in [1.165, 1.54) is 35.4 Å². The zero-order valence-electron chi connectivity index (χ0n) is 12.8. The van der Waals surface area contributed by atoms with Gasteiger partial charge in [0.1, 0.15) is 11.5 Å². The van der Waals surface area contributed by atoms with Gasteiger partial charge in [-0.1, -0.05) is 47.4 Å². The lowest BCUT2D eigenvalue weighted by molar-refractivity contribution is -0.118. The van der Waals surface area contributed by atoms with E-state index in [-0.39, 0.29) is 11.7 Å². The molecule has 126 valence electrons. The molecule has 1 amide bonds. The van der Waals surface area contributed by atoms with E-state index in [0.717, 1.165) is 5.69 Å². The molecule has 3 rings (SSSR count). The summed E-state index contributed by atoms with van der Waals surface area (Å²) >= 11 is 2.61. The molecule has 2 heterocycles. The molecule has 2 aromatic heterocycles. The summed E-state index contributed by atoms with van der Waals surface area (Å²) in [5.41, 5.74) is 3.40. The summed E-state index contributed by atoms with van der Waals surface area (Å²) in [5.74, 6) is -0.580. The van der Waals surface area contributed by atoms with Crippen LogP contribution in [-0.4, -0.2) is 33.1 Å². The maximum absolute atomic E-state index is 13.4. The van der Waals surface area contributed by atoms with Gasteiger partial charge < -0.3 is 0 Å². The topological polar surface area (TPSA) is 80.1 Å². The number of rotatable bonds is 6. The SMILES string of the molecule is O=C(CSc1nnc(-c2ccccn2)s1)N/N=C/c1ccccc1F. The average Bonchev–Trinajstić information content (AvgIpc) is 3.11. The zero-order chi connectivity index (χ0) is 17.5. The summed E-state index contributed by atoms with van der Waals surface area (Å²) in [6.07, 6.45) is 2.95. The third kappa shape index (κ3) is 4.91. The smallest absolute Gasteiger partial charge is 0.250 e. The van der Waals surface area contributed by atoms with Gasteiger partial charge in [-0.15, -0.1) is 10.2 Å². The van der Waals surface area contributed by atoms with Gasteiger partial charge >= 0.3 is 0 Å². The van der Waals surface area contributed by atoms with Crippen molar-refractivity contribution in [3.63, 3.8) is 0 Å². The number of halogens is 1. The molecule has 0 bridgehead atoms. The second-order valence-corrected chi connectivity index (χ2v) is 6.89. The minimum absolute atomic E-state index is 0.130. The minimum atomic E-state index is -0.397. The number of carbonyl (C=O) groups excluding carboxylic acids is 1. The molecular formula is C16H12FN5OS2. The Hall–Kier alpha value is -2.65. The second kappa shape index (κ2) is 8.45. The molecule has 0 saturated carbocycles. The van der Waals surface area contributed by atoms with Crippen molar-refractivity contribution in [2.24, 2.45) is 5.10 Å². The van der Waals surface area contributed by atoms with Gasteiger partial charge in [-0.25, -0.2) is 9.82 Å². The number of nitrogens with zero attached hydrogens (tertiary/aromatic N) is 4. The molecular weight excluding hydrogens is 361 g/mol. The molecule has 0 unspecified atom stereocenters. The predicted octanol–water partition coefficient (Wildman–Crippen LogP) is 2.98. The van der Waals surface area contributed by atoms with Crippen molar-refractivity contribution in [2.45, 2.75) is 4.34 Å². The van der Waals surface area contributed by atoms with Crippen LogP contribution in [0.1, 0.15) is 5.56 Å². The quantitative estimate of drug-likeness (QED) is 0.408. The zero-order valence-corrected chi connectivity index (χ0v) is 14.4. The molecule has 0 aliphatic carbocycles. The van der Waals surface area contributed by atoms with Crippen LogP contribution >= 0.6 is 23.1 Å². The van der Waals surface area contributed by atoms with Gasteiger partial charge in [-0.05, 0) is 18.2 Å². The van der Waals surface area contributed by atoms with Gasteiger partial charge in [0.05, 0.1) is 12.0 Å². The number of hydrogen-bond acceptors (Lipinski definition) is 7. The van der Waals surface area contributed by atoms with Gasteiger partial charge in [0, 0.05) is 11.8 Å². The van der Waals surface area contributed by atoms with Gasteiger partial charge in [-0.3, -0.25) is 9.78 Å². The lowest BCUT2D eigenvalue weighted by atomic mass is 10.2. The van der Waals surface area contributed by atoms with Crippen molar-refractivity contribution in [1.82, 2.24) is 20.6 Å². The van der Waals surface area contributed by atoms with Gasteiger partial charge in [0.15, 0.2) is 9.35 Å². The number of aromatic nitrogens is 3. The van der Waals surface area contributed by atoms with E-state index >= 15 is 0 Å². The summed E-state index contributed by atoms with van der Waals surface area (Å²) in [6.45, 7) is 0. The van der Waals surface area contributed by atoms with E-state index in [1.54, 1.807) is 24.4 Å². The normalized spacial score (nSPS) is 10.9. The van der Waals surface area contributed by atoms with Gasteiger partial charge in [-0.2, -0.15) is 5.10 Å². The first kappa shape index (κ1) is 17.2. The van der Waals surface area contributed by atoms with Crippen LogP contribution in [-0.2, 0) is 4.79 Å². The molecule has 3 aromatic rings. The van der Waals surface area contributed by atoms with Crippen molar-refractivity contribution >= 4 is 35.2 Å². The number of benzene rings is 1. The highest BCUT2D eigenvalue weighted by atomic mass is 32.2. The molecule has 0 saturated heterocycles. The standard InChI is InChI=1S/C16H12FN5OS2/c17-12-6-2-1-5-11(12)9-19-20-14(23)10-24-16-22-21-15(25-16)13-7-3-4-8-18-13/h1-9H,10H2,(H,20,23)/b19-9+. The lowest BCUT2D eigenvalue weighted by Crippen LogP contribution is -2.19. The maximum Gasteiger partial charge on any atom is 0.250 e. The Morgan fingerprint density at radius 3 is 2.88 bits per heavy atom. The van der Waals surface area contributed by atoms with Crippen LogP contribution < -0.4 is 5.43 Å². The van der Waals surface area contributed by atoms with Crippen LogP contribution in [0.4, 0.5) is 4.39 Å². The van der Waals surface area contributed by atoms with E-state index in [0.29, 0.717) is 14.9 Å². The average molecular weight is 373 g/mol. The minimum Gasteiger partial charge on any atom is -0.272 e. The van der Waals surface area contributed by atoms with Crippen molar-refractivity contribution in [3.05, 3.63) is 60.0 Å². The van der Waals surface area contributed by atoms with E-state index in [2.05, 4.69) is 25.7 Å². The largest absolute Gasteiger partial charge is 0.272 e. The number of carbonyl (C=O) groups is 1. The molecule has 0 radical (unpaired) electrons. The Morgan fingerprint density at radius 2 is 2.08 bits per heavy atom. The number of thioether (sulfide) groups is 1. The maximum atomic E-state index is 13.4. The summed E-state index contributed by atoms with van der Waals surface area (Å²) in [5, 5.41) is 12.5. The third-order valence-corrected chi connectivity index (χ3v) is 4.99. The van der Waals surface area contributed by atoms with E-state index in [4.69, 9.17) is 0 Å². The van der Waals surface area contributed by atoms with Crippen molar-refractivity contribution in [1.29, 1.82) is 0 Å². The molecule has 9 heteroatoms. The Labute approximate surface area is 151 Å². The van der Waals surface area contributed by atoms with E-state index < -0.39 is 5.82 Å². The molecule has 25 heavy (non-hydrogen) atoms. The first-order valence-corrected chi connectivity index (χ1v) is 8.97. The van der Waals surface area contributed by atoms with Crippen LogP contribution in [0.25, 0.3) is 10.7 Å².